The fraction of sp³-hybridized carbons (Fsp3) is 0.953. The highest BCUT2D eigenvalue weighted by Gasteiger charge is 2.30. The van der Waals surface area contributed by atoms with Crippen molar-refractivity contribution in [3.05, 3.63) is 0 Å². The molecule has 4 unspecified atom stereocenters. The third-order valence-electron chi connectivity index (χ3n) is 20.2. The number of phosphoric acid groups is 2. The predicted octanol–water partition coefficient (Wildman–Crippen LogP) is 25.6. The van der Waals surface area contributed by atoms with E-state index < -0.39 is 97.5 Å². The Kier molecular flexibility index (Phi) is 72.5. The van der Waals surface area contributed by atoms with Crippen LogP contribution in [-0.2, 0) is 65.4 Å². The minimum absolute atomic E-state index is 0.106. The fourth-order valence-corrected chi connectivity index (χ4v) is 14.7. The van der Waals surface area contributed by atoms with Crippen molar-refractivity contribution in [2.75, 3.05) is 39.6 Å². The number of hydrogen-bond acceptors (Lipinski definition) is 15. The van der Waals surface area contributed by atoms with Crippen molar-refractivity contribution in [1.82, 2.24) is 0 Å². The van der Waals surface area contributed by atoms with E-state index in [1.165, 1.54) is 238 Å². The second-order valence-corrected chi connectivity index (χ2v) is 35.2. The minimum atomic E-state index is -4.96. The molecule has 0 bridgehead atoms. The molecule has 0 heterocycles. The lowest BCUT2D eigenvalue weighted by Gasteiger charge is -2.21. The second kappa shape index (κ2) is 73.8. The van der Waals surface area contributed by atoms with Gasteiger partial charge in [-0.1, -0.05) is 389 Å². The first-order chi connectivity index (χ1) is 50.1. The molecule has 0 saturated heterocycles. The summed E-state index contributed by atoms with van der Waals surface area (Å²) in [6, 6.07) is 0. The monoisotopic (exact) mass is 1520 g/mol. The van der Waals surface area contributed by atoms with Gasteiger partial charge in [-0.15, -0.1) is 0 Å². The van der Waals surface area contributed by atoms with Crippen molar-refractivity contribution in [3.8, 4) is 0 Å². The normalized spacial score (nSPS) is 14.2. The van der Waals surface area contributed by atoms with Crippen molar-refractivity contribution in [1.29, 1.82) is 0 Å². The first kappa shape index (κ1) is 102. The molecule has 0 aliphatic carbocycles. The number of aliphatic hydroxyl groups excluding tert-OH is 1. The molecule has 0 saturated carbocycles. The molecule has 0 spiro atoms. The Bertz CT molecular complexity index is 2030. The van der Waals surface area contributed by atoms with Crippen LogP contribution in [0.1, 0.15) is 441 Å². The zero-order valence-electron chi connectivity index (χ0n) is 68.7. The van der Waals surface area contributed by atoms with E-state index in [2.05, 4.69) is 55.4 Å². The van der Waals surface area contributed by atoms with Gasteiger partial charge in [0.2, 0.25) is 0 Å². The number of hydrogen-bond donors (Lipinski definition) is 3. The lowest BCUT2D eigenvalue weighted by Crippen LogP contribution is -2.30. The van der Waals surface area contributed by atoms with Crippen LogP contribution in [0.4, 0.5) is 0 Å². The van der Waals surface area contributed by atoms with E-state index in [0.717, 1.165) is 114 Å². The van der Waals surface area contributed by atoms with Crippen LogP contribution in [0.25, 0.3) is 0 Å². The van der Waals surface area contributed by atoms with Crippen LogP contribution in [0.15, 0.2) is 0 Å². The molecule has 0 aromatic carbocycles. The molecule has 0 aliphatic rings. The smallest absolute Gasteiger partial charge is 0.462 e. The van der Waals surface area contributed by atoms with Gasteiger partial charge in [-0.05, 0) is 49.4 Å². The standard InChI is InChI=1S/C85H166O17P2/c1-9-78(8)64-56-48-39-33-27-23-19-15-11-13-16-20-24-28-34-40-49-57-65-82(87)95-71-80(101-85(90)68-60-52-42-36-30-32-38-46-54-62-76(4)5)73-99-103(91,92)97-69-79(86)70-98-104(93,94)100-74-81(72-96-83(88)66-58-50-44-43-47-55-63-77(6)7)102-84(89)67-59-51-41-35-29-25-21-17-12-10-14-18-22-26-31-37-45-53-61-75(2)3/h75-81,86H,9-74H2,1-8H3,(H,91,92)(H,93,94)/t78?,79?,80-,81-/m1/s1. The lowest BCUT2D eigenvalue weighted by atomic mass is 9.99. The molecule has 104 heavy (non-hydrogen) atoms. The molecule has 0 fully saturated rings. The maximum Gasteiger partial charge on any atom is 0.472 e. The van der Waals surface area contributed by atoms with Crippen LogP contribution in [0.3, 0.4) is 0 Å². The van der Waals surface area contributed by atoms with Gasteiger partial charge in [0.1, 0.15) is 19.3 Å². The summed E-state index contributed by atoms with van der Waals surface area (Å²) >= 11 is 0. The first-order valence-electron chi connectivity index (χ1n) is 43.7. The minimum Gasteiger partial charge on any atom is -0.462 e. The van der Waals surface area contributed by atoms with Crippen molar-refractivity contribution >= 4 is 39.5 Å². The summed E-state index contributed by atoms with van der Waals surface area (Å²) in [4.78, 5) is 73.1. The Morgan fingerprint density at radius 3 is 0.683 bits per heavy atom. The molecular weight excluding hydrogens is 1350 g/mol. The number of esters is 4. The summed E-state index contributed by atoms with van der Waals surface area (Å²) < 4.78 is 68.7. The number of rotatable bonds is 82. The van der Waals surface area contributed by atoms with Gasteiger partial charge < -0.3 is 33.8 Å². The topological polar surface area (TPSA) is 237 Å². The summed E-state index contributed by atoms with van der Waals surface area (Å²) in [5.74, 6) is 0.996. The van der Waals surface area contributed by atoms with Crippen LogP contribution < -0.4 is 0 Å². The Morgan fingerprint density at radius 2 is 0.462 bits per heavy atom. The Morgan fingerprint density at radius 1 is 0.269 bits per heavy atom. The molecule has 618 valence electrons. The van der Waals surface area contributed by atoms with Crippen LogP contribution in [-0.4, -0.2) is 96.7 Å². The number of carbonyl (C=O) groups excluding carboxylic acids is 4. The third-order valence-corrected chi connectivity index (χ3v) is 22.1. The molecule has 6 atom stereocenters. The third kappa shape index (κ3) is 76.8. The molecule has 0 aromatic heterocycles. The van der Waals surface area contributed by atoms with Crippen molar-refractivity contribution in [3.63, 3.8) is 0 Å². The SMILES string of the molecule is CCC(C)CCCCCCCCCCCCCCCCCCCCC(=O)OC[C@H](COP(=O)(O)OCC(O)COP(=O)(O)OC[C@@H](COC(=O)CCCCCCCCC(C)C)OC(=O)CCCCCCCCCCCCCCCCCCCCC(C)C)OC(=O)CCCCCCCCCCCC(C)C. The number of aliphatic hydroxyl groups is 1. The zero-order valence-corrected chi connectivity index (χ0v) is 70.5. The van der Waals surface area contributed by atoms with E-state index in [1.54, 1.807) is 0 Å². The van der Waals surface area contributed by atoms with Gasteiger partial charge in [0.25, 0.3) is 0 Å². The van der Waals surface area contributed by atoms with Crippen molar-refractivity contribution in [2.45, 2.75) is 459 Å². The Labute approximate surface area is 638 Å². The average Bonchev–Trinajstić information content (AvgIpc) is 0.907. The van der Waals surface area contributed by atoms with Gasteiger partial charge in [0.15, 0.2) is 12.2 Å². The second-order valence-electron chi connectivity index (χ2n) is 32.2. The van der Waals surface area contributed by atoms with Crippen LogP contribution >= 0.6 is 15.6 Å². The molecular formula is C85H166O17P2. The van der Waals surface area contributed by atoms with Crippen LogP contribution in [0.5, 0.6) is 0 Å². The maximum absolute atomic E-state index is 13.1. The molecule has 0 aliphatic heterocycles. The molecule has 3 N–H and O–H groups in total. The number of carbonyl (C=O) groups is 4. The predicted molar refractivity (Wildman–Crippen MR) is 428 cm³/mol. The highest BCUT2D eigenvalue weighted by Crippen LogP contribution is 2.45. The lowest BCUT2D eigenvalue weighted by molar-refractivity contribution is -0.161. The maximum atomic E-state index is 13.1. The first-order valence-corrected chi connectivity index (χ1v) is 46.7. The molecule has 0 aromatic rings. The van der Waals surface area contributed by atoms with E-state index in [-0.39, 0.29) is 25.7 Å². The highest BCUT2D eigenvalue weighted by atomic mass is 31.2. The molecule has 0 radical (unpaired) electrons. The molecule has 0 rings (SSSR count). The summed E-state index contributed by atoms with van der Waals surface area (Å²) in [6.07, 6.45) is 62.8. The van der Waals surface area contributed by atoms with Crippen molar-refractivity contribution in [2.24, 2.45) is 23.7 Å². The van der Waals surface area contributed by atoms with Crippen LogP contribution in [0, 0.1) is 23.7 Å². The van der Waals surface area contributed by atoms with Gasteiger partial charge in [0.05, 0.1) is 26.4 Å². The Hall–Kier alpha value is -1.94. The van der Waals surface area contributed by atoms with E-state index >= 15 is 0 Å². The van der Waals surface area contributed by atoms with E-state index in [0.29, 0.717) is 31.6 Å². The molecule has 17 nitrogen and oxygen atoms in total. The summed E-state index contributed by atoms with van der Waals surface area (Å²) in [5.41, 5.74) is 0. The summed E-state index contributed by atoms with van der Waals surface area (Å²) in [5, 5.41) is 10.6. The largest absolute Gasteiger partial charge is 0.472 e. The Balaban J connectivity index is 5.12. The summed E-state index contributed by atoms with van der Waals surface area (Å²) in [6.45, 7) is 14.3. The van der Waals surface area contributed by atoms with Gasteiger partial charge in [-0.25, -0.2) is 9.13 Å². The van der Waals surface area contributed by atoms with Gasteiger partial charge in [-0.2, -0.15) is 0 Å². The zero-order chi connectivity index (χ0) is 76.7. The fourth-order valence-electron chi connectivity index (χ4n) is 13.1. The van der Waals surface area contributed by atoms with Gasteiger partial charge >= 0.3 is 39.5 Å². The van der Waals surface area contributed by atoms with E-state index in [9.17, 15) is 43.2 Å². The molecule has 0 amide bonds. The molecule has 19 heteroatoms. The average molecular weight is 1520 g/mol. The number of phosphoric ester groups is 2. The van der Waals surface area contributed by atoms with Gasteiger partial charge in [-0.3, -0.25) is 37.3 Å². The van der Waals surface area contributed by atoms with Crippen LogP contribution in [0.2, 0.25) is 0 Å². The van der Waals surface area contributed by atoms with Gasteiger partial charge in [0, 0.05) is 25.7 Å². The number of ether oxygens (including phenoxy) is 4. The quantitative estimate of drug-likeness (QED) is 0.0222. The van der Waals surface area contributed by atoms with E-state index in [4.69, 9.17) is 37.0 Å². The number of unbranched alkanes of at least 4 members (excludes halogenated alkanes) is 47. The summed E-state index contributed by atoms with van der Waals surface area (Å²) in [7, 11) is -9.92. The van der Waals surface area contributed by atoms with Crippen molar-refractivity contribution < 1.29 is 80.2 Å². The van der Waals surface area contributed by atoms with E-state index in [1.807, 2.05) is 0 Å². The highest BCUT2D eigenvalue weighted by molar-refractivity contribution is 7.47.